The fourth-order valence-corrected chi connectivity index (χ4v) is 1.56. The first kappa shape index (κ1) is 13.7. The molecule has 0 saturated carbocycles. The van der Waals surface area contributed by atoms with Crippen molar-refractivity contribution in [1.29, 1.82) is 0 Å². The van der Waals surface area contributed by atoms with Crippen LogP contribution in [0, 0.1) is 0 Å². The number of benzene rings is 1. The van der Waals surface area contributed by atoms with E-state index in [1.54, 1.807) is 24.3 Å². The van der Waals surface area contributed by atoms with Crippen molar-refractivity contribution in [3.05, 3.63) is 47.8 Å². The number of esters is 1. The molecule has 6 nitrogen and oxygen atoms in total. The summed E-state index contributed by atoms with van der Waals surface area (Å²) in [5.41, 5.74) is 6.85. The molecule has 0 unspecified atom stereocenters. The lowest BCUT2D eigenvalue weighted by Crippen LogP contribution is -2.04. The first-order chi connectivity index (χ1) is 9.61. The van der Waals surface area contributed by atoms with Gasteiger partial charge in [0.15, 0.2) is 0 Å². The maximum atomic E-state index is 11.2. The van der Waals surface area contributed by atoms with Gasteiger partial charge in [0.1, 0.15) is 23.8 Å². The average molecular weight is 274 g/mol. The number of anilines is 1. The van der Waals surface area contributed by atoms with E-state index < -0.39 is 5.97 Å². The van der Waals surface area contributed by atoms with E-state index in [2.05, 4.69) is 9.72 Å². The predicted molar refractivity (Wildman–Crippen MR) is 72.4 cm³/mol. The Morgan fingerprint density at radius 2 is 2.15 bits per heavy atom. The highest BCUT2D eigenvalue weighted by atomic mass is 16.5. The zero-order chi connectivity index (χ0) is 14.5. The minimum atomic E-state index is -0.442. The van der Waals surface area contributed by atoms with Crippen molar-refractivity contribution >= 4 is 11.7 Å². The van der Waals surface area contributed by atoms with Crippen molar-refractivity contribution in [1.82, 2.24) is 4.98 Å². The van der Waals surface area contributed by atoms with Gasteiger partial charge in [-0.3, -0.25) is 4.98 Å². The van der Waals surface area contributed by atoms with Gasteiger partial charge in [0.05, 0.1) is 18.4 Å². The summed E-state index contributed by atoms with van der Waals surface area (Å²) < 4.78 is 10.0. The predicted octanol–water partition coefficient (Wildman–Crippen LogP) is 1.73. The summed E-state index contributed by atoms with van der Waals surface area (Å²) in [6.45, 7) is 0.176. The van der Waals surface area contributed by atoms with E-state index in [4.69, 9.17) is 10.5 Å². The molecule has 1 heterocycles. The number of nitrogens with two attached hydrogens (primary N) is 1. The van der Waals surface area contributed by atoms with Gasteiger partial charge in [0.2, 0.25) is 0 Å². The molecule has 6 heteroatoms. The fraction of sp³-hybridized carbons (Fsp3) is 0.143. The number of methoxy groups -OCH3 is 1. The van der Waals surface area contributed by atoms with Crippen molar-refractivity contribution in [2.24, 2.45) is 0 Å². The third-order valence-corrected chi connectivity index (χ3v) is 2.66. The molecule has 20 heavy (non-hydrogen) atoms. The first-order valence-corrected chi connectivity index (χ1v) is 5.85. The van der Waals surface area contributed by atoms with Gasteiger partial charge in [-0.1, -0.05) is 6.07 Å². The topological polar surface area (TPSA) is 94.7 Å². The zero-order valence-electron chi connectivity index (χ0n) is 10.9. The summed E-state index contributed by atoms with van der Waals surface area (Å²) in [4.78, 5) is 15.3. The Morgan fingerprint density at radius 1 is 1.35 bits per heavy atom. The molecule has 0 aliphatic rings. The maximum Gasteiger partial charge on any atom is 0.339 e. The third-order valence-electron chi connectivity index (χ3n) is 2.66. The van der Waals surface area contributed by atoms with Crippen molar-refractivity contribution < 1.29 is 19.4 Å². The second-order valence-corrected chi connectivity index (χ2v) is 4.01. The highest BCUT2D eigenvalue weighted by Crippen LogP contribution is 2.30. The van der Waals surface area contributed by atoms with Crippen LogP contribution in [0.15, 0.2) is 36.5 Å². The molecule has 0 spiro atoms. The molecule has 0 aliphatic heterocycles. The molecule has 2 rings (SSSR count). The van der Waals surface area contributed by atoms with Crippen LogP contribution in [-0.4, -0.2) is 23.2 Å². The second kappa shape index (κ2) is 5.92. The lowest BCUT2D eigenvalue weighted by molar-refractivity contribution is 0.0600. The van der Waals surface area contributed by atoms with E-state index in [1.165, 1.54) is 19.4 Å². The number of ether oxygens (including phenoxy) is 2. The molecular weight excluding hydrogens is 260 g/mol. The minimum Gasteiger partial charge on any atom is -0.506 e. The third kappa shape index (κ3) is 2.97. The van der Waals surface area contributed by atoms with Crippen LogP contribution in [0.1, 0.15) is 16.1 Å². The van der Waals surface area contributed by atoms with Crippen LogP contribution >= 0.6 is 0 Å². The number of carbonyl (C=O) groups is 1. The number of carbonyl (C=O) groups excluding carboxylic acids is 1. The summed E-state index contributed by atoms with van der Waals surface area (Å²) in [7, 11) is 1.31. The second-order valence-electron chi connectivity index (χ2n) is 4.01. The Kier molecular flexibility index (Phi) is 4.05. The number of pyridine rings is 1. The number of hydrogen-bond acceptors (Lipinski definition) is 6. The van der Waals surface area contributed by atoms with Crippen LogP contribution in [-0.2, 0) is 11.3 Å². The van der Waals surface area contributed by atoms with Gasteiger partial charge in [-0.15, -0.1) is 0 Å². The normalized spacial score (nSPS) is 10.1. The van der Waals surface area contributed by atoms with E-state index in [-0.39, 0.29) is 18.0 Å². The number of aromatic hydroxyl groups is 1. The molecule has 0 bridgehead atoms. The van der Waals surface area contributed by atoms with E-state index in [0.29, 0.717) is 17.0 Å². The molecule has 3 N–H and O–H groups in total. The number of aromatic nitrogens is 1. The number of rotatable bonds is 4. The standard InChI is InChI=1S/C14H14N2O4/c1-19-14(18)9-5-6-10(16-7-9)8-20-12-4-2-3-11(17)13(12)15/h2-7,17H,8,15H2,1H3. The lowest BCUT2D eigenvalue weighted by Gasteiger charge is -2.09. The summed E-state index contributed by atoms with van der Waals surface area (Å²) >= 11 is 0. The molecule has 2 aromatic rings. The number of hydrogen-bond donors (Lipinski definition) is 2. The maximum absolute atomic E-state index is 11.2. The molecular formula is C14H14N2O4. The zero-order valence-corrected chi connectivity index (χ0v) is 10.9. The van der Waals surface area contributed by atoms with E-state index in [1.807, 2.05) is 0 Å². The molecule has 0 amide bonds. The highest BCUT2D eigenvalue weighted by molar-refractivity contribution is 5.88. The Bertz CT molecular complexity index is 611. The van der Waals surface area contributed by atoms with Crippen LogP contribution in [0.2, 0.25) is 0 Å². The molecule has 0 atom stereocenters. The molecule has 0 saturated heterocycles. The molecule has 0 radical (unpaired) electrons. The van der Waals surface area contributed by atoms with Crippen molar-refractivity contribution in [3.8, 4) is 11.5 Å². The Hall–Kier alpha value is -2.76. The molecule has 1 aromatic heterocycles. The van der Waals surface area contributed by atoms with E-state index in [0.717, 1.165) is 0 Å². The summed E-state index contributed by atoms with van der Waals surface area (Å²) in [6.07, 6.45) is 1.41. The van der Waals surface area contributed by atoms with Crippen molar-refractivity contribution in [2.75, 3.05) is 12.8 Å². The molecule has 1 aromatic carbocycles. The Morgan fingerprint density at radius 3 is 2.80 bits per heavy atom. The van der Waals surface area contributed by atoms with Gasteiger partial charge in [0.25, 0.3) is 0 Å². The number of phenolic OH excluding ortho intramolecular Hbond substituents is 1. The van der Waals surface area contributed by atoms with Crippen LogP contribution in [0.4, 0.5) is 5.69 Å². The van der Waals surface area contributed by atoms with Gasteiger partial charge in [-0.25, -0.2) is 4.79 Å². The number of phenols is 1. The van der Waals surface area contributed by atoms with Crippen molar-refractivity contribution in [2.45, 2.75) is 6.61 Å². The van der Waals surface area contributed by atoms with Crippen LogP contribution in [0.5, 0.6) is 11.5 Å². The van der Waals surface area contributed by atoms with Crippen LogP contribution in [0.25, 0.3) is 0 Å². The number of nitrogen functional groups attached to an aromatic ring is 1. The van der Waals surface area contributed by atoms with Gasteiger partial charge in [0, 0.05) is 6.20 Å². The number of nitrogens with zero attached hydrogens (tertiary/aromatic N) is 1. The quantitative estimate of drug-likeness (QED) is 0.501. The van der Waals surface area contributed by atoms with Gasteiger partial charge < -0.3 is 20.3 Å². The molecule has 0 aliphatic carbocycles. The van der Waals surface area contributed by atoms with Crippen LogP contribution in [0.3, 0.4) is 0 Å². The Balaban J connectivity index is 2.04. The number of para-hydroxylation sites is 1. The van der Waals surface area contributed by atoms with Crippen molar-refractivity contribution in [3.63, 3.8) is 0 Å². The van der Waals surface area contributed by atoms with E-state index >= 15 is 0 Å². The fourth-order valence-electron chi connectivity index (χ4n) is 1.56. The minimum absolute atomic E-state index is 0.0310. The molecule has 0 fully saturated rings. The average Bonchev–Trinajstić information content (AvgIpc) is 2.48. The summed E-state index contributed by atoms with van der Waals surface area (Å²) in [6, 6.07) is 8.02. The lowest BCUT2D eigenvalue weighted by atomic mass is 10.2. The SMILES string of the molecule is COC(=O)c1ccc(COc2cccc(O)c2N)nc1. The van der Waals surface area contributed by atoms with E-state index in [9.17, 15) is 9.90 Å². The Labute approximate surface area is 115 Å². The first-order valence-electron chi connectivity index (χ1n) is 5.85. The summed E-state index contributed by atoms with van der Waals surface area (Å²) in [5, 5.41) is 9.45. The summed E-state index contributed by atoms with van der Waals surface area (Å²) in [5.74, 6) is -0.0949. The largest absolute Gasteiger partial charge is 0.506 e. The van der Waals surface area contributed by atoms with Gasteiger partial charge in [-0.05, 0) is 24.3 Å². The van der Waals surface area contributed by atoms with Gasteiger partial charge >= 0.3 is 5.97 Å². The smallest absolute Gasteiger partial charge is 0.339 e. The molecule has 104 valence electrons. The monoisotopic (exact) mass is 274 g/mol. The van der Waals surface area contributed by atoms with Crippen LogP contribution < -0.4 is 10.5 Å². The highest BCUT2D eigenvalue weighted by Gasteiger charge is 2.07. The van der Waals surface area contributed by atoms with Gasteiger partial charge in [-0.2, -0.15) is 0 Å².